The van der Waals surface area contributed by atoms with Crippen molar-refractivity contribution in [2.75, 3.05) is 12.4 Å². The van der Waals surface area contributed by atoms with Crippen molar-refractivity contribution in [1.82, 2.24) is 20.2 Å². The van der Waals surface area contributed by atoms with Gasteiger partial charge >= 0.3 is 0 Å². The van der Waals surface area contributed by atoms with E-state index in [4.69, 9.17) is 4.74 Å². The number of rotatable bonds is 3. The first kappa shape index (κ1) is 14.4. The Hall–Kier alpha value is -3.22. The van der Waals surface area contributed by atoms with Crippen LogP contribution in [0.2, 0.25) is 0 Å². The number of hydrogen-bond donors (Lipinski definition) is 1. The van der Waals surface area contributed by atoms with Gasteiger partial charge in [0.05, 0.1) is 7.11 Å². The molecule has 6 nitrogen and oxygen atoms in total. The van der Waals surface area contributed by atoms with Gasteiger partial charge in [-0.15, -0.1) is 0 Å². The fourth-order valence-electron chi connectivity index (χ4n) is 2.73. The number of hydrogen-bond acceptors (Lipinski definition) is 5. The SMILES string of the molecule is COc1ccc(C2=C[C@@H](c3ccccc3F)n3nnnc3N2)cc1. The highest BCUT2D eigenvalue weighted by molar-refractivity contribution is 5.77. The predicted molar refractivity (Wildman–Crippen MR) is 86.9 cm³/mol. The summed E-state index contributed by atoms with van der Waals surface area (Å²) < 4.78 is 21.0. The van der Waals surface area contributed by atoms with E-state index in [0.29, 0.717) is 11.5 Å². The Balaban J connectivity index is 1.80. The Bertz CT molecular complexity index is 903. The number of benzene rings is 2. The molecule has 0 unspecified atom stereocenters. The van der Waals surface area contributed by atoms with Crippen LogP contribution in [0.1, 0.15) is 17.2 Å². The molecule has 0 fully saturated rings. The zero-order valence-electron chi connectivity index (χ0n) is 12.8. The number of halogens is 1. The molecule has 2 aromatic carbocycles. The van der Waals surface area contributed by atoms with Gasteiger partial charge in [0, 0.05) is 11.3 Å². The molecule has 1 aliphatic heterocycles. The van der Waals surface area contributed by atoms with E-state index >= 15 is 0 Å². The van der Waals surface area contributed by atoms with Crippen LogP contribution in [-0.4, -0.2) is 27.3 Å². The third-order valence-electron chi connectivity index (χ3n) is 3.95. The summed E-state index contributed by atoms with van der Waals surface area (Å²) in [5, 5.41) is 14.8. The summed E-state index contributed by atoms with van der Waals surface area (Å²) in [7, 11) is 1.62. The smallest absolute Gasteiger partial charge is 0.248 e. The zero-order valence-corrected chi connectivity index (χ0v) is 12.8. The van der Waals surface area contributed by atoms with Crippen LogP contribution in [0, 0.1) is 5.82 Å². The van der Waals surface area contributed by atoms with Crippen molar-refractivity contribution in [1.29, 1.82) is 0 Å². The first-order valence-corrected chi connectivity index (χ1v) is 7.42. The van der Waals surface area contributed by atoms with E-state index < -0.39 is 6.04 Å². The molecular weight excluding hydrogens is 309 g/mol. The van der Waals surface area contributed by atoms with Crippen molar-refractivity contribution in [3.8, 4) is 5.75 Å². The van der Waals surface area contributed by atoms with Gasteiger partial charge in [0.15, 0.2) is 0 Å². The van der Waals surface area contributed by atoms with E-state index in [9.17, 15) is 4.39 Å². The lowest BCUT2D eigenvalue weighted by Gasteiger charge is -2.23. The van der Waals surface area contributed by atoms with E-state index in [1.165, 1.54) is 6.07 Å². The van der Waals surface area contributed by atoms with Gasteiger partial charge in [-0.1, -0.05) is 23.3 Å². The first-order chi connectivity index (χ1) is 11.8. The standard InChI is InChI=1S/C17H14FN5O/c1-24-12-8-6-11(7-9-12)15-10-16(13-4-2-3-5-14(13)18)23-17(19-15)20-21-22-23/h2-10,16H,1H3,(H,19,20,22)/t16-/m0/s1. The second-order valence-electron chi connectivity index (χ2n) is 5.35. The maximum atomic E-state index is 14.3. The van der Waals surface area contributed by atoms with Gasteiger partial charge in [0.1, 0.15) is 17.6 Å². The third-order valence-corrected chi connectivity index (χ3v) is 3.95. The van der Waals surface area contributed by atoms with Crippen LogP contribution in [0.15, 0.2) is 54.6 Å². The molecule has 1 N–H and O–H groups in total. The van der Waals surface area contributed by atoms with Gasteiger partial charge < -0.3 is 10.1 Å². The third kappa shape index (κ3) is 2.40. The van der Waals surface area contributed by atoms with Crippen molar-refractivity contribution in [2.45, 2.75) is 6.04 Å². The molecule has 1 aromatic heterocycles. The number of nitrogens with one attached hydrogen (secondary N) is 1. The Morgan fingerprint density at radius 3 is 2.67 bits per heavy atom. The summed E-state index contributed by atoms with van der Waals surface area (Å²) in [6.45, 7) is 0. The molecule has 1 aliphatic rings. The molecule has 1 atom stereocenters. The van der Waals surface area contributed by atoms with Crippen molar-refractivity contribution in [2.24, 2.45) is 0 Å². The van der Waals surface area contributed by atoms with Crippen LogP contribution in [0.4, 0.5) is 10.3 Å². The number of tetrazole rings is 1. The molecule has 2 heterocycles. The molecular formula is C17H14FN5O. The molecule has 0 radical (unpaired) electrons. The highest BCUT2D eigenvalue weighted by Crippen LogP contribution is 2.32. The van der Waals surface area contributed by atoms with E-state index in [2.05, 4.69) is 20.8 Å². The summed E-state index contributed by atoms with van der Waals surface area (Å²) in [6, 6.07) is 13.8. The average Bonchev–Trinajstić information content (AvgIpc) is 3.10. The van der Waals surface area contributed by atoms with Crippen molar-refractivity contribution >= 4 is 11.6 Å². The second-order valence-corrected chi connectivity index (χ2v) is 5.35. The Morgan fingerprint density at radius 1 is 1.12 bits per heavy atom. The highest BCUT2D eigenvalue weighted by atomic mass is 19.1. The summed E-state index contributed by atoms with van der Waals surface area (Å²) >= 11 is 0. The van der Waals surface area contributed by atoms with Gasteiger partial charge in [0.2, 0.25) is 5.95 Å². The van der Waals surface area contributed by atoms with Crippen molar-refractivity contribution < 1.29 is 9.13 Å². The predicted octanol–water partition coefficient (Wildman–Crippen LogP) is 2.88. The number of anilines is 1. The van der Waals surface area contributed by atoms with Crippen molar-refractivity contribution in [3.05, 3.63) is 71.6 Å². The van der Waals surface area contributed by atoms with Gasteiger partial charge in [-0.25, -0.2) is 4.39 Å². The molecule has 3 aromatic rings. The minimum atomic E-state index is -0.422. The van der Waals surface area contributed by atoms with Crippen LogP contribution in [-0.2, 0) is 0 Å². The Kier molecular flexibility index (Phi) is 3.45. The topological polar surface area (TPSA) is 64.9 Å². The van der Waals surface area contributed by atoms with E-state index in [1.54, 1.807) is 30.0 Å². The molecule has 0 saturated carbocycles. The number of methoxy groups -OCH3 is 1. The van der Waals surface area contributed by atoms with E-state index in [-0.39, 0.29) is 5.82 Å². The zero-order chi connectivity index (χ0) is 16.5. The molecule has 0 amide bonds. The van der Waals surface area contributed by atoms with Crippen LogP contribution in [0.25, 0.3) is 5.70 Å². The lowest BCUT2D eigenvalue weighted by Crippen LogP contribution is -2.21. The quantitative estimate of drug-likeness (QED) is 0.803. The molecule has 0 spiro atoms. The fourth-order valence-corrected chi connectivity index (χ4v) is 2.73. The minimum Gasteiger partial charge on any atom is -0.497 e. The van der Waals surface area contributed by atoms with Crippen LogP contribution < -0.4 is 10.1 Å². The van der Waals surface area contributed by atoms with Gasteiger partial charge in [-0.3, -0.25) is 0 Å². The first-order valence-electron chi connectivity index (χ1n) is 7.42. The summed E-state index contributed by atoms with van der Waals surface area (Å²) in [4.78, 5) is 0. The Labute approximate surface area is 137 Å². The number of aromatic nitrogens is 4. The lowest BCUT2D eigenvalue weighted by molar-refractivity contribution is 0.415. The molecule has 0 bridgehead atoms. The lowest BCUT2D eigenvalue weighted by atomic mass is 10.0. The Morgan fingerprint density at radius 2 is 1.92 bits per heavy atom. The van der Waals surface area contributed by atoms with Crippen LogP contribution >= 0.6 is 0 Å². The number of allylic oxidation sites excluding steroid dienone is 1. The number of nitrogens with zero attached hydrogens (tertiary/aromatic N) is 4. The monoisotopic (exact) mass is 323 g/mol. The largest absolute Gasteiger partial charge is 0.497 e. The van der Waals surface area contributed by atoms with Crippen LogP contribution in [0.5, 0.6) is 5.75 Å². The van der Waals surface area contributed by atoms with Gasteiger partial charge in [-0.2, -0.15) is 4.68 Å². The average molecular weight is 323 g/mol. The summed E-state index contributed by atoms with van der Waals surface area (Å²) in [5.41, 5.74) is 2.26. The molecule has 24 heavy (non-hydrogen) atoms. The maximum Gasteiger partial charge on any atom is 0.248 e. The molecule has 0 aliphatic carbocycles. The maximum absolute atomic E-state index is 14.3. The second kappa shape index (κ2) is 5.77. The van der Waals surface area contributed by atoms with Crippen LogP contribution in [0.3, 0.4) is 0 Å². The van der Waals surface area contributed by atoms with Crippen molar-refractivity contribution in [3.63, 3.8) is 0 Å². The van der Waals surface area contributed by atoms with E-state index in [1.807, 2.05) is 30.3 Å². The summed E-state index contributed by atoms with van der Waals surface area (Å²) in [5.74, 6) is 0.943. The highest BCUT2D eigenvalue weighted by Gasteiger charge is 2.26. The molecule has 4 rings (SSSR count). The fraction of sp³-hybridized carbons (Fsp3) is 0.118. The number of fused-ring (bicyclic) bond motifs is 1. The molecule has 7 heteroatoms. The van der Waals surface area contributed by atoms with Gasteiger partial charge in [-0.05, 0) is 52.4 Å². The minimum absolute atomic E-state index is 0.295. The van der Waals surface area contributed by atoms with Gasteiger partial charge in [0.25, 0.3) is 0 Å². The normalized spacial score (nSPS) is 16.1. The summed E-state index contributed by atoms with van der Waals surface area (Å²) in [6.07, 6.45) is 1.91. The number of ether oxygens (including phenoxy) is 1. The molecule has 120 valence electrons. The molecule has 0 saturated heterocycles. The van der Waals surface area contributed by atoms with E-state index in [0.717, 1.165) is 17.0 Å².